The number of ether oxygens (including phenoxy) is 1. The minimum atomic E-state index is -0.307. The molecule has 0 radical (unpaired) electrons. The second-order valence-corrected chi connectivity index (χ2v) is 5.89. The number of halogens is 1. The van der Waals surface area contributed by atoms with Crippen molar-refractivity contribution in [1.29, 1.82) is 0 Å². The lowest BCUT2D eigenvalue weighted by atomic mass is 9.99. The molecule has 1 aliphatic rings. The molecule has 0 aromatic heterocycles. The number of hydrogen-bond donors (Lipinski definition) is 1. The SMILES string of the molecule is COC(=O)C1CN(C(=O)c2cc(Br)ccc2O)CC1C. The van der Waals surface area contributed by atoms with Crippen molar-refractivity contribution in [2.45, 2.75) is 6.92 Å². The van der Waals surface area contributed by atoms with Gasteiger partial charge in [-0.25, -0.2) is 0 Å². The van der Waals surface area contributed by atoms with Gasteiger partial charge in [0, 0.05) is 17.6 Å². The smallest absolute Gasteiger partial charge is 0.310 e. The minimum Gasteiger partial charge on any atom is -0.507 e. The van der Waals surface area contributed by atoms with Crippen LogP contribution in [0.2, 0.25) is 0 Å². The van der Waals surface area contributed by atoms with E-state index in [1.165, 1.54) is 13.2 Å². The Kier molecular flexibility index (Phi) is 4.32. The fourth-order valence-corrected chi connectivity index (χ4v) is 2.80. The molecule has 0 saturated carbocycles. The fraction of sp³-hybridized carbons (Fsp3) is 0.429. The molecule has 1 aliphatic heterocycles. The van der Waals surface area contributed by atoms with Crippen LogP contribution in [0.4, 0.5) is 0 Å². The van der Waals surface area contributed by atoms with E-state index in [1.54, 1.807) is 17.0 Å². The summed E-state index contributed by atoms with van der Waals surface area (Å²) in [6.07, 6.45) is 0. The highest BCUT2D eigenvalue weighted by Gasteiger charge is 2.38. The zero-order valence-corrected chi connectivity index (χ0v) is 12.9. The van der Waals surface area contributed by atoms with E-state index in [1.807, 2.05) is 6.92 Å². The normalized spacial score (nSPS) is 21.9. The third-order valence-electron chi connectivity index (χ3n) is 3.59. The number of phenolic OH excluding ortho intramolecular Hbond substituents is 1. The molecular formula is C14H16BrNO4. The third kappa shape index (κ3) is 2.80. The van der Waals surface area contributed by atoms with Crippen LogP contribution in [0, 0.1) is 11.8 Å². The van der Waals surface area contributed by atoms with Gasteiger partial charge in [-0.3, -0.25) is 9.59 Å². The van der Waals surface area contributed by atoms with Crippen molar-refractivity contribution in [3.63, 3.8) is 0 Å². The molecule has 2 unspecified atom stereocenters. The van der Waals surface area contributed by atoms with Crippen molar-refractivity contribution < 1.29 is 19.4 Å². The van der Waals surface area contributed by atoms with Crippen LogP contribution in [0.15, 0.2) is 22.7 Å². The highest BCUT2D eigenvalue weighted by atomic mass is 79.9. The van der Waals surface area contributed by atoms with Gasteiger partial charge >= 0.3 is 5.97 Å². The highest BCUT2D eigenvalue weighted by molar-refractivity contribution is 9.10. The maximum atomic E-state index is 12.4. The van der Waals surface area contributed by atoms with Crippen LogP contribution in [-0.4, -0.2) is 42.1 Å². The van der Waals surface area contributed by atoms with Gasteiger partial charge in [0.1, 0.15) is 5.75 Å². The Morgan fingerprint density at radius 1 is 1.40 bits per heavy atom. The third-order valence-corrected chi connectivity index (χ3v) is 4.09. The van der Waals surface area contributed by atoms with E-state index in [-0.39, 0.29) is 35.0 Å². The van der Waals surface area contributed by atoms with E-state index in [0.717, 1.165) is 4.47 Å². The molecule has 2 rings (SSSR count). The number of aromatic hydroxyl groups is 1. The van der Waals surface area contributed by atoms with E-state index in [0.29, 0.717) is 13.1 Å². The molecule has 2 atom stereocenters. The predicted molar refractivity (Wildman–Crippen MR) is 76.4 cm³/mol. The topological polar surface area (TPSA) is 66.8 Å². The zero-order chi connectivity index (χ0) is 14.9. The van der Waals surface area contributed by atoms with Gasteiger partial charge in [-0.2, -0.15) is 0 Å². The van der Waals surface area contributed by atoms with Gasteiger partial charge in [0.25, 0.3) is 5.91 Å². The lowest BCUT2D eigenvalue weighted by Gasteiger charge is -2.17. The van der Waals surface area contributed by atoms with E-state index in [4.69, 9.17) is 4.74 Å². The first-order valence-electron chi connectivity index (χ1n) is 6.29. The van der Waals surface area contributed by atoms with Gasteiger partial charge in [-0.15, -0.1) is 0 Å². The number of carbonyl (C=O) groups is 2. The molecule has 0 bridgehead atoms. The summed E-state index contributed by atoms with van der Waals surface area (Å²) in [5, 5.41) is 9.79. The Hall–Kier alpha value is -1.56. The molecule has 108 valence electrons. The molecule has 1 aromatic rings. The molecule has 1 saturated heterocycles. The molecule has 1 N–H and O–H groups in total. The first-order valence-corrected chi connectivity index (χ1v) is 7.09. The van der Waals surface area contributed by atoms with Gasteiger partial charge in [0.05, 0.1) is 18.6 Å². The average molecular weight is 342 g/mol. The Morgan fingerprint density at radius 3 is 2.75 bits per heavy atom. The number of esters is 1. The predicted octanol–water partition coefficient (Wildman–Crippen LogP) is 2.04. The molecule has 0 spiro atoms. The molecular weight excluding hydrogens is 326 g/mol. The number of carbonyl (C=O) groups excluding carboxylic acids is 2. The maximum Gasteiger partial charge on any atom is 0.310 e. The van der Waals surface area contributed by atoms with Gasteiger partial charge in [0.15, 0.2) is 0 Å². The van der Waals surface area contributed by atoms with Crippen molar-refractivity contribution in [2.24, 2.45) is 11.8 Å². The number of benzene rings is 1. The summed E-state index contributed by atoms with van der Waals surface area (Å²) in [7, 11) is 1.35. The Bertz CT molecular complexity index is 546. The van der Waals surface area contributed by atoms with Crippen LogP contribution >= 0.6 is 15.9 Å². The number of phenols is 1. The number of amides is 1. The lowest BCUT2D eigenvalue weighted by molar-refractivity contribution is -0.146. The van der Waals surface area contributed by atoms with Crippen LogP contribution in [0.25, 0.3) is 0 Å². The van der Waals surface area contributed by atoms with Gasteiger partial charge in [0.2, 0.25) is 0 Å². The van der Waals surface area contributed by atoms with Crippen LogP contribution in [0.5, 0.6) is 5.75 Å². The van der Waals surface area contributed by atoms with Crippen molar-refractivity contribution in [2.75, 3.05) is 20.2 Å². The molecule has 1 aromatic carbocycles. The van der Waals surface area contributed by atoms with Crippen molar-refractivity contribution in [3.05, 3.63) is 28.2 Å². The van der Waals surface area contributed by atoms with Crippen LogP contribution in [0.1, 0.15) is 17.3 Å². The largest absolute Gasteiger partial charge is 0.507 e. The number of nitrogens with zero attached hydrogens (tertiary/aromatic N) is 1. The summed E-state index contributed by atoms with van der Waals surface area (Å²) in [6, 6.07) is 4.71. The summed E-state index contributed by atoms with van der Waals surface area (Å²) in [5.74, 6) is -0.903. The highest BCUT2D eigenvalue weighted by Crippen LogP contribution is 2.29. The summed E-state index contributed by atoms with van der Waals surface area (Å²) in [5.41, 5.74) is 0.233. The molecule has 5 nitrogen and oxygen atoms in total. The van der Waals surface area contributed by atoms with Gasteiger partial charge < -0.3 is 14.7 Å². The van der Waals surface area contributed by atoms with E-state index in [9.17, 15) is 14.7 Å². The molecule has 20 heavy (non-hydrogen) atoms. The molecule has 0 aliphatic carbocycles. The van der Waals surface area contributed by atoms with Gasteiger partial charge in [-0.1, -0.05) is 22.9 Å². The van der Waals surface area contributed by atoms with E-state index >= 15 is 0 Å². The maximum absolute atomic E-state index is 12.4. The average Bonchev–Trinajstić information content (AvgIpc) is 2.82. The van der Waals surface area contributed by atoms with Crippen LogP contribution in [-0.2, 0) is 9.53 Å². The van der Waals surface area contributed by atoms with Crippen LogP contribution in [0.3, 0.4) is 0 Å². The van der Waals surface area contributed by atoms with Crippen molar-refractivity contribution in [3.8, 4) is 5.75 Å². The van der Waals surface area contributed by atoms with Crippen molar-refractivity contribution >= 4 is 27.8 Å². The second kappa shape index (κ2) is 5.83. The monoisotopic (exact) mass is 341 g/mol. The molecule has 1 heterocycles. The van der Waals surface area contributed by atoms with E-state index in [2.05, 4.69) is 15.9 Å². The van der Waals surface area contributed by atoms with Gasteiger partial charge in [-0.05, 0) is 24.1 Å². The zero-order valence-electron chi connectivity index (χ0n) is 11.3. The second-order valence-electron chi connectivity index (χ2n) is 4.98. The Labute approximate surface area is 125 Å². The Balaban J connectivity index is 2.19. The summed E-state index contributed by atoms with van der Waals surface area (Å²) in [6.45, 7) is 2.71. The molecule has 1 fully saturated rings. The molecule has 1 amide bonds. The quantitative estimate of drug-likeness (QED) is 0.836. The fourth-order valence-electron chi connectivity index (χ4n) is 2.44. The van der Waals surface area contributed by atoms with Crippen molar-refractivity contribution in [1.82, 2.24) is 4.90 Å². The number of likely N-dealkylation sites (tertiary alicyclic amines) is 1. The standard InChI is InChI=1S/C14H16BrNO4/c1-8-6-16(7-11(8)14(19)20-2)13(18)10-5-9(15)3-4-12(10)17/h3-5,8,11,17H,6-7H2,1-2H3. The summed E-state index contributed by atoms with van der Waals surface area (Å²) < 4.78 is 5.47. The number of rotatable bonds is 2. The van der Waals surface area contributed by atoms with Crippen LogP contribution < -0.4 is 0 Å². The number of hydrogen-bond acceptors (Lipinski definition) is 4. The Morgan fingerprint density at radius 2 is 2.10 bits per heavy atom. The summed E-state index contributed by atoms with van der Waals surface area (Å²) >= 11 is 3.28. The van der Waals surface area contributed by atoms with E-state index < -0.39 is 0 Å². The molecule has 6 heteroatoms. The number of methoxy groups -OCH3 is 1. The lowest BCUT2D eigenvalue weighted by Crippen LogP contribution is -2.30. The first kappa shape index (κ1) is 14.8. The summed E-state index contributed by atoms with van der Waals surface area (Å²) in [4.78, 5) is 25.6. The first-order chi connectivity index (χ1) is 9.43. The minimum absolute atomic E-state index is 0.0423.